The van der Waals surface area contributed by atoms with E-state index in [4.69, 9.17) is 4.74 Å². The molecular weight excluding hydrogens is 280 g/mol. The SMILES string of the molecule is CCCCCc1cc2c(cc1C)C=CC(C)(CCC=C(C)C)O2. The van der Waals surface area contributed by atoms with Gasteiger partial charge in [0.1, 0.15) is 11.4 Å². The highest BCUT2D eigenvalue weighted by atomic mass is 16.5. The number of ether oxygens (including phenoxy) is 1. The van der Waals surface area contributed by atoms with Crippen LogP contribution >= 0.6 is 0 Å². The average molecular weight is 312 g/mol. The number of rotatable bonds is 7. The highest BCUT2D eigenvalue weighted by molar-refractivity contribution is 5.63. The van der Waals surface area contributed by atoms with Gasteiger partial charge in [-0.05, 0) is 82.7 Å². The molecule has 0 amide bonds. The van der Waals surface area contributed by atoms with Gasteiger partial charge in [-0.15, -0.1) is 0 Å². The van der Waals surface area contributed by atoms with Crippen LogP contribution in [0.5, 0.6) is 5.75 Å². The molecule has 0 aromatic heterocycles. The maximum atomic E-state index is 6.39. The fourth-order valence-electron chi connectivity index (χ4n) is 3.14. The Morgan fingerprint density at radius 2 is 2.00 bits per heavy atom. The molecule has 2 rings (SSSR count). The van der Waals surface area contributed by atoms with Crippen LogP contribution in [0, 0.1) is 6.92 Å². The Bertz CT molecular complexity index is 590. The van der Waals surface area contributed by atoms with Crippen LogP contribution in [-0.2, 0) is 6.42 Å². The number of allylic oxidation sites excluding steroid dienone is 2. The quantitative estimate of drug-likeness (QED) is 0.405. The van der Waals surface area contributed by atoms with Crippen molar-refractivity contribution in [1.29, 1.82) is 0 Å². The highest BCUT2D eigenvalue weighted by Gasteiger charge is 2.27. The van der Waals surface area contributed by atoms with Crippen LogP contribution < -0.4 is 4.74 Å². The van der Waals surface area contributed by atoms with Crippen LogP contribution in [0.2, 0.25) is 0 Å². The zero-order chi connectivity index (χ0) is 16.9. The first-order valence-electron chi connectivity index (χ1n) is 9.08. The molecule has 0 spiro atoms. The van der Waals surface area contributed by atoms with Crippen LogP contribution in [0.25, 0.3) is 6.08 Å². The maximum absolute atomic E-state index is 6.39. The van der Waals surface area contributed by atoms with E-state index in [0.29, 0.717) is 0 Å². The van der Waals surface area contributed by atoms with Crippen LogP contribution in [0.15, 0.2) is 29.9 Å². The monoisotopic (exact) mass is 312 g/mol. The number of hydrogen-bond donors (Lipinski definition) is 0. The summed E-state index contributed by atoms with van der Waals surface area (Å²) < 4.78 is 6.39. The third kappa shape index (κ3) is 4.99. The Labute approximate surface area is 142 Å². The van der Waals surface area contributed by atoms with Gasteiger partial charge in [0.25, 0.3) is 0 Å². The Hall–Kier alpha value is -1.50. The van der Waals surface area contributed by atoms with Crippen LogP contribution in [0.4, 0.5) is 0 Å². The Morgan fingerprint density at radius 1 is 1.22 bits per heavy atom. The summed E-state index contributed by atoms with van der Waals surface area (Å²) in [5, 5.41) is 0. The second-order valence-electron chi connectivity index (χ2n) is 7.34. The minimum Gasteiger partial charge on any atom is -0.483 e. The lowest BCUT2D eigenvalue weighted by Gasteiger charge is -2.32. The number of hydrogen-bond acceptors (Lipinski definition) is 1. The summed E-state index contributed by atoms with van der Waals surface area (Å²) in [7, 11) is 0. The highest BCUT2D eigenvalue weighted by Crippen LogP contribution is 2.35. The second-order valence-corrected chi connectivity index (χ2v) is 7.34. The standard InChI is InChI=1S/C22H32O/c1-6-7-8-11-19-16-21-20(15-18(19)4)12-14-22(5,23-21)13-9-10-17(2)3/h10,12,14-16H,6-9,11,13H2,1-5H3. The molecule has 1 aromatic carbocycles. The van der Waals surface area contributed by atoms with E-state index in [-0.39, 0.29) is 5.60 Å². The van der Waals surface area contributed by atoms with Crippen molar-refractivity contribution in [2.24, 2.45) is 0 Å². The van der Waals surface area contributed by atoms with E-state index in [1.807, 2.05) is 0 Å². The van der Waals surface area contributed by atoms with Gasteiger partial charge in [0.15, 0.2) is 0 Å². The van der Waals surface area contributed by atoms with E-state index in [1.54, 1.807) is 0 Å². The van der Waals surface area contributed by atoms with Crippen molar-refractivity contribution in [3.05, 3.63) is 46.5 Å². The average Bonchev–Trinajstić information content (AvgIpc) is 2.48. The number of benzene rings is 1. The first kappa shape index (κ1) is 17.8. The summed E-state index contributed by atoms with van der Waals surface area (Å²) in [4.78, 5) is 0. The molecule has 1 atom stereocenters. The number of unbranched alkanes of at least 4 members (excludes halogenated alkanes) is 2. The molecule has 1 nitrogen and oxygen atoms in total. The van der Waals surface area contributed by atoms with E-state index >= 15 is 0 Å². The van der Waals surface area contributed by atoms with Gasteiger partial charge in [0, 0.05) is 5.56 Å². The Kier molecular flexibility index (Phi) is 6.10. The minimum absolute atomic E-state index is 0.186. The number of aryl methyl sites for hydroxylation is 2. The summed E-state index contributed by atoms with van der Waals surface area (Å²) >= 11 is 0. The first-order valence-corrected chi connectivity index (χ1v) is 9.08. The summed E-state index contributed by atoms with van der Waals surface area (Å²) in [6.07, 6.45) is 13.8. The molecule has 0 fully saturated rings. The zero-order valence-corrected chi connectivity index (χ0v) is 15.5. The zero-order valence-electron chi connectivity index (χ0n) is 15.5. The fraction of sp³-hybridized carbons (Fsp3) is 0.545. The molecule has 1 unspecified atom stereocenters. The predicted molar refractivity (Wildman–Crippen MR) is 101 cm³/mol. The summed E-state index contributed by atoms with van der Waals surface area (Å²) in [5.74, 6) is 1.06. The molecule has 1 heteroatoms. The van der Waals surface area contributed by atoms with Crippen molar-refractivity contribution in [2.75, 3.05) is 0 Å². The molecule has 0 saturated heterocycles. The molecule has 126 valence electrons. The van der Waals surface area contributed by atoms with Crippen LogP contribution in [-0.4, -0.2) is 5.60 Å². The van der Waals surface area contributed by atoms with E-state index < -0.39 is 0 Å². The molecule has 0 saturated carbocycles. The van der Waals surface area contributed by atoms with E-state index in [0.717, 1.165) is 25.0 Å². The summed E-state index contributed by atoms with van der Waals surface area (Å²) in [6, 6.07) is 4.56. The van der Waals surface area contributed by atoms with Gasteiger partial charge in [-0.1, -0.05) is 37.5 Å². The molecule has 0 bridgehead atoms. The molecule has 1 aliphatic rings. The smallest absolute Gasteiger partial charge is 0.128 e. The summed E-state index contributed by atoms with van der Waals surface area (Å²) in [6.45, 7) is 11.0. The van der Waals surface area contributed by atoms with E-state index in [1.165, 1.54) is 41.5 Å². The van der Waals surface area contributed by atoms with Crippen molar-refractivity contribution in [2.45, 2.75) is 78.7 Å². The van der Waals surface area contributed by atoms with Crippen LogP contribution in [0.3, 0.4) is 0 Å². The van der Waals surface area contributed by atoms with Gasteiger partial charge < -0.3 is 4.74 Å². The third-order valence-electron chi connectivity index (χ3n) is 4.67. The van der Waals surface area contributed by atoms with Crippen molar-refractivity contribution in [1.82, 2.24) is 0 Å². The van der Waals surface area contributed by atoms with Gasteiger partial charge in [-0.2, -0.15) is 0 Å². The molecule has 0 radical (unpaired) electrons. The predicted octanol–water partition coefficient (Wildman–Crippen LogP) is 6.64. The van der Waals surface area contributed by atoms with Gasteiger partial charge in [0.2, 0.25) is 0 Å². The Morgan fingerprint density at radius 3 is 2.70 bits per heavy atom. The van der Waals surface area contributed by atoms with Gasteiger partial charge in [-0.25, -0.2) is 0 Å². The Balaban J connectivity index is 2.12. The van der Waals surface area contributed by atoms with E-state index in [2.05, 4.69) is 65.0 Å². The molecule has 1 aromatic rings. The molecule has 1 heterocycles. The van der Waals surface area contributed by atoms with Crippen LogP contribution in [0.1, 0.15) is 76.5 Å². The summed E-state index contributed by atoms with van der Waals surface area (Å²) in [5.41, 5.74) is 5.25. The molecular formula is C22H32O. The molecule has 0 N–H and O–H groups in total. The van der Waals surface area contributed by atoms with Gasteiger partial charge in [0.05, 0.1) is 0 Å². The van der Waals surface area contributed by atoms with Crippen molar-refractivity contribution in [3.8, 4) is 5.75 Å². The van der Waals surface area contributed by atoms with Gasteiger partial charge in [-0.3, -0.25) is 0 Å². The maximum Gasteiger partial charge on any atom is 0.128 e. The van der Waals surface area contributed by atoms with Crippen molar-refractivity contribution >= 4 is 6.08 Å². The van der Waals surface area contributed by atoms with E-state index in [9.17, 15) is 0 Å². The largest absolute Gasteiger partial charge is 0.483 e. The van der Waals surface area contributed by atoms with Crippen molar-refractivity contribution in [3.63, 3.8) is 0 Å². The molecule has 1 aliphatic heterocycles. The molecule has 0 aliphatic carbocycles. The lowest BCUT2D eigenvalue weighted by molar-refractivity contribution is 0.128. The lowest BCUT2D eigenvalue weighted by atomic mass is 9.92. The minimum atomic E-state index is -0.186. The normalized spacial score (nSPS) is 19.2. The number of fused-ring (bicyclic) bond motifs is 1. The van der Waals surface area contributed by atoms with Crippen molar-refractivity contribution < 1.29 is 4.74 Å². The lowest BCUT2D eigenvalue weighted by Crippen LogP contribution is -2.31. The topological polar surface area (TPSA) is 9.23 Å². The third-order valence-corrected chi connectivity index (χ3v) is 4.67. The first-order chi connectivity index (χ1) is 10.9. The molecule has 23 heavy (non-hydrogen) atoms. The second kappa shape index (κ2) is 7.86. The van der Waals surface area contributed by atoms with Gasteiger partial charge >= 0.3 is 0 Å². The fourth-order valence-corrected chi connectivity index (χ4v) is 3.14.